The molecule has 3 heterocycles. The van der Waals surface area contributed by atoms with E-state index in [-0.39, 0.29) is 5.60 Å². The minimum Gasteiger partial charge on any atom is -0.374 e. The van der Waals surface area contributed by atoms with Crippen LogP contribution in [0, 0.1) is 11.8 Å². The van der Waals surface area contributed by atoms with Crippen LogP contribution in [-0.4, -0.2) is 48.3 Å². The summed E-state index contributed by atoms with van der Waals surface area (Å²) in [6.07, 6.45) is 5.26. The van der Waals surface area contributed by atoms with E-state index in [1.807, 2.05) is 0 Å². The molecular weight excluding hydrogens is 262 g/mol. The first kappa shape index (κ1) is 13.6. The molecule has 3 fully saturated rings. The van der Waals surface area contributed by atoms with E-state index in [0.717, 1.165) is 24.5 Å². The van der Waals surface area contributed by atoms with E-state index in [1.54, 1.807) is 0 Å². The molecule has 104 valence electrons. The number of nitrogens with one attached hydrogen (secondary N) is 1. The molecule has 0 radical (unpaired) electrons. The molecule has 18 heavy (non-hydrogen) atoms. The summed E-state index contributed by atoms with van der Waals surface area (Å²) in [5.41, 5.74) is 0.244. The van der Waals surface area contributed by atoms with E-state index in [0.29, 0.717) is 0 Å². The molecule has 4 heteroatoms. The summed E-state index contributed by atoms with van der Waals surface area (Å²) in [5, 5.41) is 3.64. The summed E-state index contributed by atoms with van der Waals surface area (Å²) in [7, 11) is 2.17. The van der Waals surface area contributed by atoms with Crippen LogP contribution in [0.3, 0.4) is 0 Å². The van der Waals surface area contributed by atoms with Crippen molar-refractivity contribution in [2.45, 2.75) is 37.3 Å². The summed E-state index contributed by atoms with van der Waals surface area (Å²) in [6, 6.07) is 0.728. The lowest BCUT2D eigenvalue weighted by atomic mass is 9.77. The largest absolute Gasteiger partial charge is 0.374 e. The highest BCUT2D eigenvalue weighted by atomic mass is 32.2. The van der Waals surface area contributed by atoms with Crippen LogP contribution in [0.2, 0.25) is 0 Å². The van der Waals surface area contributed by atoms with Crippen LogP contribution in [-0.2, 0) is 4.74 Å². The molecule has 0 amide bonds. The molecule has 0 aliphatic carbocycles. The molecular formula is C14H25NOS2. The maximum absolute atomic E-state index is 6.16. The van der Waals surface area contributed by atoms with Crippen molar-refractivity contribution in [2.75, 3.05) is 36.7 Å². The van der Waals surface area contributed by atoms with Crippen molar-refractivity contribution in [2.24, 2.45) is 11.8 Å². The average Bonchev–Trinajstić information content (AvgIpc) is 3.03. The first-order chi connectivity index (χ1) is 8.83. The Hall–Kier alpha value is 0.620. The molecule has 3 rings (SSSR count). The van der Waals surface area contributed by atoms with Gasteiger partial charge < -0.3 is 10.1 Å². The Bertz CT molecular complexity index is 275. The van der Waals surface area contributed by atoms with Crippen LogP contribution >= 0.6 is 23.5 Å². The Morgan fingerprint density at radius 1 is 1.22 bits per heavy atom. The van der Waals surface area contributed by atoms with Gasteiger partial charge >= 0.3 is 0 Å². The van der Waals surface area contributed by atoms with Gasteiger partial charge in [0.2, 0.25) is 0 Å². The normalized spacial score (nSPS) is 42.5. The van der Waals surface area contributed by atoms with E-state index in [4.69, 9.17) is 4.74 Å². The molecule has 1 N–H and O–H groups in total. The molecule has 4 atom stereocenters. The van der Waals surface area contributed by atoms with Crippen molar-refractivity contribution in [3.8, 4) is 0 Å². The zero-order valence-electron chi connectivity index (χ0n) is 11.3. The van der Waals surface area contributed by atoms with Gasteiger partial charge in [0.15, 0.2) is 0 Å². The summed E-state index contributed by atoms with van der Waals surface area (Å²) in [5.74, 6) is 7.01. The van der Waals surface area contributed by atoms with Crippen LogP contribution in [0.4, 0.5) is 0 Å². The molecule has 1 spiro atoms. The van der Waals surface area contributed by atoms with Crippen LogP contribution in [0.5, 0.6) is 0 Å². The lowest BCUT2D eigenvalue weighted by Gasteiger charge is -2.42. The summed E-state index contributed by atoms with van der Waals surface area (Å²) in [4.78, 5) is 0. The SMILES string of the molecule is CNC(C1CCSC1)C1CCOC2(CCSC2)C1. The Balaban J connectivity index is 1.66. The lowest BCUT2D eigenvalue weighted by Crippen LogP contribution is -2.49. The van der Waals surface area contributed by atoms with Crippen molar-refractivity contribution in [1.29, 1.82) is 0 Å². The zero-order valence-corrected chi connectivity index (χ0v) is 13.0. The average molecular weight is 287 g/mol. The minimum atomic E-state index is 0.244. The van der Waals surface area contributed by atoms with Gasteiger partial charge in [0.1, 0.15) is 0 Å². The third-order valence-electron chi connectivity index (χ3n) is 4.91. The van der Waals surface area contributed by atoms with Gasteiger partial charge in [0.05, 0.1) is 5.60 Å². The fourth-order valence-corrected chi connectivity index (χ4v) is 6.62. The van der Waals surface area contributed by atoms with Gasteiger partial charge in [0, 0.05) is 18.4 Å². The number of thioether (sulfide) groups is 2. The van der Waals surface area contributed by atoms with E-state index < -0.39 is 0 Å². The van der Waals surface area contributed by atoms with Gasteiger partial charge in [-0.25, -0.2) is 0 Å². The number of rotatable bonds is 3. The molecule has 3 saturated heterocycles. The Labute approximate surface area is 119 Å². The van der Waals surface area contributed by atoms with Crippen LogP contribution in [0.15, 0.2) is 0 Å². The van der Waals surface area contributed by atoms with Gasteiger partial charge in [-0.1, -0.05) is 0 Å². The molecule has 0 bridgehead atoms. The third kappa shape index (κ3) is 2.72. The standard InChI is InChI=1S/C14H25NOS2/c1-15-13(12-3-6-17-9-12)11-2-5-16-14(8-11)4-7-18-10-14/h11-13,15H,2-10H2,1H3. The first-order valence-corrected chi connectivity index (χ1v) is 9.61. The summed E-state index contributed by atoms with van der Waals surface area (Å²) < 4.78 is 6.16. The van der Waals surface area contributed by atoms with E-state index >= 15 is 0 Å². The molecule has 0 aromatic carbocycles. The second-order valence-electron chi connectivity index (χ2n) is 6.03. The molecule has 3 aliphatic heterocycles. The molecule has 0 saturated carbocycles. The number of ether oxygens (including phenoxy) is 1. The van der Waals surface area contributed by atoms with E-state index in [1.165, 1.54) is 48.7 Å². The monoisotopic (exact) mass is 287 g/mol. The maximum atomic E-state index is 6.16. The topological polar surface area (TPSA) is 21.3 Å². The fraction of sp³-hybridized carbons (Fsp3) is 1.00. The van der Waals surface area contributed by atoms with Crippen LogP contribution in [0.25, 0.3) is 0 Å². The second kappa shape index (κ2) is 5.94. The quantitative estimate of drug-likeness (QED) is 0.861. The summed E-state index contributed by atoms with van der Waals surface area (Å²) in [6.45, 7) is 0.989. The maximum Gasteiger partial charge on any atom is 0.0783 e. The predicted molar refractivity (Wildman–Crippen MR) is 81.6 cm³/mol. The zero-order chi connectivity index (χ0) is 12.4. The van der Waals surface area contributed by atoms with E-state index in [9.17, 15) is 0 Å². The predicted octanol–water partition coefficient (Wildman–Crippen LogP) is 2.63. The summed E-state index contributed by atoms with van der Waals surface area (Å²) >= 11 is 4.22. The Kier molecular flexibility index (Phi) is 4.49. The van der Waals surface area contributed by atoms with Gasteiger partial charge in [0.25, 0.3) is 0 Å². The first-order valence-electron chi connectivity index (χ1n) is 7.30. The molecule has 0 aromatic rings. The molecule has 2 nitrogen and oxygen atoms in total. The van der Waals surface area contributed by atoms with Gasteiger partial charge in [-0.05, 0) is 61.8 Å². The van der Waals surface area contributed by atoms with Crippen molar-refractivity contribution >= 4 is 23.5 Å². The highest BCUT2D eigenvalue weighted by molar-refractivity contribution is 7.99. The minimum absolute atomic E-state index is 0.244. The third-order valence-corrected chi connectivity index (χ3v) is 7.32. The Morgan fingerprint density at radius 2 is 2.17 bits per heavy atom. The smallest absolute Gasteiger partial charge is 0.0783 e. The van der Waals surface area contributed by atoms with E-state index in [2.05, 4.69) is 35.9 Å². The molecule has 0 aromatic heterocycles. The lowest BCUT2D eigenvalue weighted by molar-refractivity contribution is -0.0873. The highest BCUT2D eigenvalue weighted by Crippen LogP contribution is 2.43. The van der Waals surface area contributed by atoms with Crippen LogP contribution in [0.1, 0.15) is 25.7 Å². The Morgan fingerprint density at radius 3 is 2.83 bits per heavy atom. The van der Waals surface area contributed by atoms with Crippen molar-refractivity contribution in [3.05, 3.63) is 0 Å². The van der Waals surface area contributed by atoms with Crippen molar-refractivity contribution < 1.29 is 4.74 Å². The van der Waals surface area contributed by atoms with Crippen LogP contribution < -0.4 is 5.32 Å². The number of hydrogen-bond acceptors (Lipinski definition) is 4. The molecule has 3 aliphatic rings. The van der Waals surface area contributed by atoms with Crippen molar-refractivity contribution in [1.82, 2.24) is 5.32 Å². The van der Waals surface area contributed by atoms with Gasteiger partial charge in [-0.3, -0.25) is 0 Å². The molecule has 4 unspecified atom stereocenters. The van der Waals surface area contributed by atoms with Gasteiger partial charge in [-0.15, -0.1) is 0 Å². The van der Waals surface area contributed by atoms with Crippen molar-refractivity contribution in [3.63, 3.8) is 0 Å². The fourth-order valence-electron chi connectivity index (χ4n) is 3.93. The second-order valence-corrected chi connectivity index (χ2v) is 8.28. The number of hydrogen-bond donors (Lipinski definition) is 1. The highest BCUT2D eigenvalue weighted by Gasteiger charge is 2.43. The van der Waals surface area contributed by atoms with Gasteiger partial charge in [-0.2, -0.15) is 23.5 Å².